The van der Waals surface area contributed by atoms with Gasteiger partial charge in [0.05, 0.1) is 30.9 Å². The highest BCUT2D eigenvalue weighted by atomic mass is 16.5. The molecule has 0 aliphatic carbocycles. The Balaban J connectivity index is 1.97. The molecule has 1 amide bonds. The highest BCUT2D eigenvalue weighted by Crippen LogP contribution is 2.13. The van der Waals surface area contributed by atoms with Crippen LogP contribution in [0, 0.1) is 5.92 Å². The van der Waals surface area contributed by atoms with Crippen LogP contribution in [0.3, 0.4) is 0 Å². The molecule has 7 nitrogen and oxygen atoms in total. The monoisotopic (exact) mass is 294 g/mol. The molecule has 21 heavy (non-hydrogen) atoms. The lowest BCUT2D eigenvalue weighted by Gasteiger charge is -2.25. The fraction of sp³-hybridized carbons (Fsp3) is 0.643. The van der Waals surface area contributed by atoms with Crippen molar-refractivity contribution in [2.24, 2.45) is 5.92 Å². The van der Waals surface area contributed by atoms with Crippen LogP contribution in [0.2, 0.25) is 0 Å². The minimum Gasteiger partial charge on any atom is -0.467 e. The van der Waals surface area contributed by atoms with Crippen molar-refractivity contribution in [2.45, 2.75) is 45.3 Å². The molecule has 116 valence electrons. The van der Waals surface area contributed by atoms with E-state index in [-0.39, 0.29) is 17.9 Å². The van der Waals surface area contributed by atoms with Gasteiger partial charge in [0.25, 0.3) is 0 Å². The van der Waals surface area contributed by atoms with E-state index in [9.17, 15) is 9.59 Å². The summed E-state index contributed by atoms with van der Waals surface area (Å²) in [7, 11) is 1.33. The largest absolute Gasteiger partial charge is 0.467 e. The molecule has 0 spiro atoms. The van der Waals surface area contributed by atoms with Crippen molar-refractivity contribution < 1.29 is 14.3 Å². The third kappa shape index (κ3) is 3.81. The zero-order chi connectivity index (χ0) is 15.4. The molecule has 2 heterocycles. The van der Waals surface area contributed by atoms with Crippen LogP contribution in [0.4, 0.5) is 0 Å². The van der Waals surface area contributed by atoms with Gasteiger partial charge in [-0.1, -0.05) is 13.8 Å². The number of methoxy groups -OCH3 is 1. The number of esters is 1. The van der Waals surface area contributed by atoms with Crippen molar-refractivity contribution >= 4 is 11.9 Å². The van der Waals surface area contributed by atoms with Crippen LogP contribution in [-0.4, -0.2) is 41.0 Å². The molecule has 2 atom stereocenters. The van der Waals surface area contributed by atoms with E-state index in [1.54, 1.807) is 6.33 Å². The summed E-state index contributed by atoms with van der Waals surface area (Å²) in [5.74, 6) is -0.320. The summed E-state index contributed by atoms with van der Waals surface area (Å²) in [4.78, 5) is 31.3. The van der Waals surface area contributed by atoms with Gasteiger partial charge in [-0.3, -0.25) is 10.1 Å². The van der Waals surface area contributed by atoms with Gasteiger partial charge in [-0.25, -0.2) is 9.78 Å². The average Bonchev–Trinajstić information content (AvgIpc) is 2.92. The lowest BCUT2D eigenvalue weighted by molar-refractivity contribution is -0.145. The van der Waals surface area contributed by atoms with Gasteiger partial charge in [0.15, 0.2) is 0 Å². The maximum Gasteiger partial charge on any atom is 0.328 e. The quantitative estimate of drug-likeness (QED) is 0.671. The summed E-state index contributed by atoms with van der Waals surface area (Å²) >= 11 is 0. The van der Waals surface area contributed by atoms with Crippen LogP contribution >= 0.6 is 0 Å². The van der Waals surface area contributed by atoms with Gasteiger partial charge in [-0.15, -0.1) is 0 Å². The van der Waals surface area contributed by atoms with E-state index in [0.29, 0.717) is 19.4 Å². The predicted molar refractivity (Wildman–Crippen MR) is 76.3 cm³/mol. The smallest absolute Gasteiger partial charge is 0.328 e. The van der Waals surface area contributed by atoms with Gasteiger partial charge in [-0.2, -0.15) is 0 Å². The second-order valence-electron chi connectivity index (χ2n) is 5.68. The van der Waals surface area contributed by atoms with Gasteiger partial charge in [-0.05, 0) is 12.3 Å². The van der Waals surface area contributed by atoms with Crippen molar-refractivity contribution in [2.75, 3.05) is 7.11 Å². The molecule has 1 aliphatic rings. The molecular formula is C14H22N4O3. The Bertz CT molecular complexity index is 512. The number of amides is 1. The van der Waals surface area contributed by atoms with E-state index in [1.807, 2.05) is 13.8 Å². The van der Waals surface area contributed by atoms with Crippen molar-refractivity contribution in [1.29, 1.82) is 0 Å². The molecule has 2 rings (SSSR count). The molecule has 1 aliphatic heterocycles. The Kier molecular flexibility index (Phi) is 4.95. The Hall–Kier alpha value is -1.89. The molecule has 0 bridgehead atoms. The number of hydrogen-bond donors (Lipinski definition) is 3. The van der Waals surface area contributed by atoms with Crippen molar-refractivity contribution in [1.82, 2.24) is 20.6 Å². The van der Waals surface area contributed by atoms with E-state index in [0.717, 1.165) is 11.4 Å². The summed E-state index contributed by atoms with van der Waals surface area (Å²) in [6, 6.07) is -0.981. The third-order valence-electron chi connectivity index (χ3n) is 3.56. The zero-order valence-electron chi connectivity index (χ0n) is 12.6. The minimum absolute atomic E-state index is 0.195. The molecule has 0 saturated carbocycles. The number of H-pyrrole nitrogens is 1. The lowest BCUT2D eigenvalue weighted by atomic mass is 10.0. The maximum absolute atomic E-state index is 12.3. The molecular weight excluding hydrogens is 272 g/mol. The van der Waals surface area contributed by atoms with Crippen LogP contribution in [0.25, 0.3) is 0 Å². The van der Waals surface area contributed by atoms with Gasteiger partial charge in [0.2, 0.25) is 5.91 Å². The van der Waals surface area contributed by atoms with Crippen LogP contribution in [-0.2, 0) is 27.3 Å². The lowest BCUT2D eigenvalue weighted by Crippen LogP contribution is -2.52. The van der Waals surface area contributed by atoms with E-state index >= 15 is 0 Å². The topological polar surface area (TPSA) is 96.1 Å². The Morgan fingerprint density at radius 3 is 2.95 bits per heavy atom. The van der Waals surface area contributed by atoms with E-state index in [4.69, 9.17) is 4.74 Å². The van der Waals surface area contributed by atoms with E-state index in [2.05, 4.69) is 20.6 Å². The summed E-state index contributed by atoms with van der Waals surface area (Å²) < 4.78 is 4.75. The number of aromatic amines is 1. The van der Waals surface area contributed by atoms with E-state index in [1.165, 1.54) is 7.11 Å². The summed E-state index contributed by atoms with van der Waals surface area (Å²) in [5.41, 5.74) is 1.90. The van der Waals surface area contributed by atoms with Crippen LogP contribution in [0.1, 0.15) is 31.7 Å². The van der Waals surface area contributed by atoms with Gasteiger partial charge < -0.3 is 15.0 Å². The molecule has 1 aromatic rings. The molecule has 3 N–H and O–H groups in total. The molecule has 0 saturated heterocycles. The second-order valence-corrected chi connectivity index (χ2v) is 5.68. The number of rotatable bonds is 5. The number of hydrogen-bond acceptors (Lipinski definition) is 5. The van der Waals surface area contributed by atoms with Crippen LogP contribution in [0.5, 0.6) is 0 Å². The molecule has 0 fully saturated rings. The molecule has 1 aromatic heterocycles. The fourth-order valence-electron chi connectivity index (χ4n) is 2.45. The van der Waals surface area contributed by atoms with Gasteiger partial charge in [0, 0.05) is 13.0 Å². The van der Waals surface area contributed by atoms with Gasteiger partial charge >= 0.3 is 5.97 Å². The average molecular weight is 294 g/mol. The first kappa shape index (κ1) is 15.5. The third-order valence-corrected chi connectivity index (χ3v) is 3.56. The zero-order valence-corrected chi connectivity index (χ0v) is 12.6. The van der Waals surface area contributed by atoms with Crippen molar-refractivity contribution in [3.63, 3.8) is 0 Å². The first-order valence-corrected chi connectivity index (χ1v) is 7.14. The number of carbonyl (C=O) groups is 2. The van der Waals surface area contributed by atoms with Crippen molar-refractivity contribution in [3.8, 4) is 0 Å². The Morgan fingerprint density at radius 2 is 2.29 bits per heavy atom. The Morgan fingerprint density at radius 1 is 1.52 bits per heavy atom. The number of nitrogens with zero attached hydrogens (tertiary/aromatic N) is 1. The fourth-order valence-corrected chi connectivity index (χ4v) is 2.45. The Labute approximate surface area is 123 Å². The first-order valence-electron chi connectivity index (χ1n) is 7.14. The van der Waals surface area contributed by atoms with Gasteiger partial charge in [0.1, 0.15) is 6.04 Å². The van der Waals surface area contributed by atoms with E-state index < -0.39 is 12.0 Å². The number of carbonyl (C=O) groups excluding carboxylic acids is 2. The number of fused-ring (bicyclic) bond motifs is 1. The summed E-state index contributed by atoms with van der Waals surface area (Å²) in [5, 5.41) is 5.92. The molecule has 0 radical (unpaired) electrons. The molecule has 7 heteroatoms. The number of nitrogens with one attached hydrogen (secondary N) is 3. The summed E-state index contributed by atoms with van der Waals surface area (Å²) in [6.07, 6.45) is 2.70. The number of aromatic nitrogens is 2. The SMILES string of the molecule is COC(=O)C(CC(C)C)NC(=O)C1Cc2nc[nH]c2CN1. The normalized spacial score (nSPS) is 19.0. The number of ether oxygens (including phenoxy) is 1. The highest BCUT2D eigenvalue weighted by molar-refractivity contribution is 5.87. The first-order chi connectivity index (χ1) is 10.0. The summed E-state index contributed by atoms with van der Waals surface area (Å²) in [6.45, 7) is 4.56. The van der Waals surface area contributed by atoms with Crippen LogP contribution in [0.15, 0.2) is 6.33 Å². The molecule has 0 aromatic carbocycles. The highest BCUT2D eigenvalue weighted by Gasteiger charge is 2.29. The van der Waals surface area contributed by atoms with Crippen molar-refractivity contribution in [3.05, 3.63) is 17.7 Å². The number of imidazole rings is 1. The molecule has 2 unspecified atom stereocenters. The predicted octanol–water partition coefficient (Wildman–Crippen LogP) is 0.128. The standard InChI is InChI=1S/C14H22N4O3/c1-8(2)4-11(14(20)21-3)18-13(19)10-5-9-12(6-15-10)17-7-16-9/h7-8,10-11,15H,4-6H2,1-3H3,(H,16,17)(H,18,19). The maximum atomic E-state index is 12.3. The second kappa shape index (κ2) is 6.71. The minimum atomic E-state index is -0.607. The van der Waals surface area contributed by atoms with Crippen LogP contribution < -0.4 is 10.6 Å².